The Morgan fingerprint density at radius 3 is 2.79 bits per heavy atom. The van der Waals surface area contributed by atoms with Crippen molar-refractivity contribution in [1.82, 2.24) is 10.3 Å². The molecule has 4 heteroatoms. The van der Waals surface area contributed by atoms with Crippen molar-refractivity contribution in [3.05, 3.63) is 83.1 Å². The molecule has 1 aliphatic heterocycles. The summed E-state index contributed by atoms with van der Waals surface area (Å²) in [6.07, 6.45) is 8.48. The number of nitrogens with zero attached hydrogens (tertiary/aromatic N) is 2. The highest BCUT2D eigenvalue weighted by atomic mass is 19.1. The number of fused-ring (bicyclic) bond motifs is 2. The molecule has 2 heterocycles. The van der Waals surface area contributed by atoms with Crippen LogP contribution in [0.15, 0.2) is 54.3 Å². The molecule has 0 saturated heterocycles. The van der Waals surface area contributed by atoms with Gasteiger partial charge in [0.05, 0.1) is 5.69 Å². The van der Waals surface area contributed by atoms with Crippen LogP contribution in [0.5, 0.6) is 0 Å². The largest absolute Gasteiger partial charge is 0.393 e. The monoisotopic (exact) mass is 387 g/mol. The molecule has 0 fully saturated rings. The zero-order valence-electron chi connectivity index (χ0n) is 17.4. The molecule has 0 saturated carbocycles. The number of hydrogen-bond donors (Lipinski definition) is 1. The van der Waals surface area contributed by atoms with Crippen LogP contribution in [-0.2, 0) is 6.42 Å². The van der Waals surface area contributed by atoms with Crippen molar-refractivity contribution < 1.29 is 4.39 Å². The van der Waals surface area contributed by atoms with Gasteiger partial charge in [-0.05, 0) is 53.3 Å². The van der Waals surface area contributed by atoms with Gasteiger partial charge >= 0.3 is 0 Å². The minimum absolute atomic E-state index is 0.163. The number of rotatable bonds is 5. The van der Waals surface area contributed by atoms with E-state index in [9.17, 15) is 4.39 Å². The van der Waals surface area contributed by atoms with Gasteiger partial charge in [0, 0.05) is 48.6 Å². The van der Waals surface area contributed by atoms with E-state index in [4.69, 9.17) is 0 Å². The number of hydrogen-bond acceptors (Lipinski definition) is 3. The topological polar surface area (TPSA) is 37.3 Å². The number of benzene rings is 1. The van der Waals surface area contributed by atoms with E-state index in [0.29, 0.717) is 11.6 Å². The van der Waals surface area contributed by atoms with Crippen molar-refractivity contribution in [3.63, 3.8) is 0 Å². The number of allylic oxidation sites excluding steroid dienone is 3. The summed E-state index contributed by atoms with van der Waals surface area (Å²) in [5, 5.41) is 3.05. The summed E-state index contributed by atoms with van der Waals surface area (Å²) in [5.41, 5.74) is 8.45. The van der Waals surface area contributed by atoms with E-state index in [2.05, 4.69) is 53.9 Å². The van der Waals surface area contributed by atoms with E-state index >= 15 is 0 Å². The van der Waals surface area contributed by atoms with Gasteiger partial charge in [0.15, 0.2) is 0 Å². The van der Waals surface area contributed by atoms with Gasteiger partial charge in [-0.1, -0.05) is 32.6 Å². The van der Waals surface area contributed by atoms with Gasteiger partial charge in [-0.3, -0.25) is 9.98 Å². The zero-order chi connectivity index (χ0) is 20.7. The third kappa shape index (κ3) is 3.23. The lowest BCUT2D eigenvalue weighted by Crippen LogP contribution is -2.11. The summed E-state index contributed by atoms with van der Waals surface area (Å²) >= 11 is 0. The number of aliphatic imine (C=N–C) groups is 1. The zero-order valence-corrected chi connectivity index (χ0v) is 17.4. The first-order valence-corrected chi connectivity index (χ1v) is 10.0. The minimum Gasteiger partial charge on any atom is -0.393 e. The molecule has 1 aliphatic carbocycles. The van der Waals surface area contributed by atoms with Crippen LogP contribution in [0.25, 0.3) is 11.1 Å². The van der Waals surface area contributed by atoms with Gasteiger partial charge in [0.25, 0.3) is 0 Å². The van der Waals surface area contributed by atoms with Gasteiger partial charge in [-0.15, -0.1) is 0 Å². The van der Waals surface area contributed by atoms with Gasteiger partial charge in [-0.25, -0.2) is 4.39 Å². The predicted octanol–water partition coefficient (Wildman–Crippen LogP) is 5.80. The summed E-state index contributed by atoms with van der Waals surface area (Å²) < 4.78 is 15.0. The lowest BCUT2D eigenvalue weighted by atomic mass is 9.84. The fourth-order valence-electron chi connectivity index (χ4n) is 4.49. The summed E-state index contributed by atoms with van der Waals surface area (Å²) in [5.74, 6) is 0.284. The van der Waals surface area contributed by atoms with Crippen molar-refractivity contribution in [2.75, 3.05) is 7.05 Å². The van der Waals surface area contributed by atoms with E-state index in [0.717, 1.165) is 51.2 Å². The average Bonchev–Trinajstić information content (AvgIpc) is 3.26. The maximum absolute atomic E-state index is 15.0. The second-order valence-electron chi connectivity index (χ2n) is 8.00. The van der Waals surface area contributed by atoms with Crippen LogP contribution in [0.3, 0.4) is 0 Å². The van der Waals surface area contributed by atoms with Crippen molar-refractivity contribution in [3.8, 4) is 0 Å². The molecule has 0 spiro atoms. The Morgan fingerprint density at radius 1 is 1.31 bits per heavy atom. The highest BCUT2D eigenvalue weighted by Crippen LogP contribution is 2.44. The summed E-state index contributed by atoms with van der Waals surface area (Å²) in [7, 11) is 1.86. The number of nitrogens with one attached hydrogen (secondary N) is 1. The molecule has 29 heavy (non-hydrogen) atoms. The minimum atomic E-state index is -0.250. The number of halogens is 1. The van der Waals surface area contributed by atoms with Gasteiger partial charge in [0.2, 0.25) is 0 Å². The first-order valence-electron chi connectivity index (χ1n) is 10.0. The molecule has 1 atom stereocenters. The van der Waals surface area contributed by atoms with E-state index in [1.807, 2.05) is 26.4 Å². The third-order valence-corrected chi connectivity index (χ3v) is 5.76. The Labute approximate surface area is 171 Å². The van der Waals surface area contributed by atoms with E-state index in [1.54, 1.807) is 12.1 Å². The maximum atomic E-state index is 15.0. The molecular weight excluding hydrogens is 361 g/mol. The molecule has 2 aliphatic rings. The van der Waals surface area contributed by atoms with Crippen LogP contribution < -0.4 is 5.32 Å². The van der Waals surface area contributed by atoms with Crippen LogP contribution in [-0.4, -0.2) is 17.7 Å². The Bertz CT molecular complexity index is 1090. The van der Waals surface area contributed by atoms with Crippen molar-refractivity contribution in [2.24, 2.45) is 10.9 Å². The van der Waals surface area contributed by atoms with Crippen LogP contribution in [0.2, 0.25) is 0 Å². The highest BCUT2D eigenvalue weighted by Gasteiger charge is 2.30. The van der Waals surface area contributed by atoms with E-state index in [1.165, 1.54) is 0 Å². The fourth-order valence-corrected chi connectivity index (χ4v) is 4.49. The number of pyridine rings is 1. The molecule has 0 bridgehead atoms. The molecule has 1 aromatic heterocycles. The molecule has 0 amide bonds. The summed E-state index contributed by atoms with van der Waals surface area (Å²) in [6.45, 7) is 10.2. The Morgan fingerprint density at radius 2 is 2.10 bits per heavy atom. The molecule has 148 valence electrons. The van der Waals surface area contributed by atoms with Crippen LogP contribution >= 0.6 is 0 Å². The molecule has 1 unspecified atom stereocenters. The Balaban J connectivity index is 1.80. The average molecular weight is 388 g/mol. The maximum Gasteiger partial charge on any atom is 0.149 e. The molecule has 4 rings (SSSR count). The second kappa shape index (κ2) is 7.43. The summed E-state index contributed by atoms with van der Waals surface area (Å²) in [6, 6.07) is 5.86. The standard InChI is InChI=1S/C25H26FN3/c1-6-16(12-27-5)18-10-20-19(7-8-23(20)28-13-18)17-9-21-24(14(2)3)15(4)29-25(21)22(26)11-17/h6-7,9-14,24,27H,1,8H2,2-5H3/b16-12+. The van der Waals surface area contributed by atoms with Crippen molar-refractivity contribution >= 4 is 22.5 Å². The quantitative estimate of drug-likeness (QED) is 0.658. The molecular formula is C25H26FN3. The van der Waals surface area contributed by atoms with Crippen molar-refractivity contribution in [1.29, 1.82) is 0 Å². The van der Waals surface area contributed by atoms with E-state index in [-0.39, 0.29) is 11.7 Å². The van der Waals surface area contributed by atoms with E-state index < -0.39 is 0 Å². The third-order valence-electron chi connectivity index (χ3n) is 5.76. The lowest BCUT2D eigenvalue weighted by molar-refractivity contribution is 0.601. The van der Waals surface area contributed by atoms with Crippen LogP contribution in [0, 0.1) is 11.7 Å². The first kappa shape index (κ1) is 19.3. The Kier molecular flexibility index (Phi) is 4.95. The molecule has 1 N–H and O–H groups in total. The van der Waals surface area contributed by atoms with Crippen LogP contribution in [0.4, 0.5) is 10.1 Å². The first-order chi connectivity index (χ1) is 13.9. The fraction of sp³-hybridized carbons (Fsp3) is 0.280. The number of aromatic nitrogens is 1. The SMILES string of the molecule is C=C/C(=C\NC)c1cnc2c(c1)C(c1cc(F)c3c(c1)C(C(C)C)C(C)=N3)=CC2. The normalized spacial score (nSPS) is 17.7. The molecule has 0 radical (unpaired) electrons. The lowest BCUT2D eigenvalue weighted by Gasteiger charge is -2.18. The van der Waals surface area contributed by atoms with Gasteiger partial charge in [-0.2, -0.15) is 0 Å². The predicted molar refractivity (Wildman–Crippen MR) is 119 cm³/mol. The smallest absolute Gasteiger partial charge is 0.149 e. The molecule has 2 aromatic rings. The molecule has 1 aromatic carbocycles. The van der Waals surface area contributed by atoms with Gasteiger partial charge < -0.3 is 5.32 Å². The second-order valence-corrected chi connectivity index (χ2v) is 8.00. The highest BCUT2D eigenvalue weighted by molar-refractivity contribution is 5.98. The van der Waals surface area contributed by atoms with Crippen molar-refractivity contribution in [2.45, 2.75) is 33.1 Å². The Hall–Kier alpha value is -3.01. The van der Waals surface area contributed by atoms with Crippen LogP contribution in [0.1, 0.15) is 54.6 Å². The van der Waals surface area contributed by atoms with Gasteiger partial charge in [0.1, 0.15) is 11.5 Å². The molecule has 3 nitrogen and oxygen atoms in total. The summed E-state index contributed by atoms with van der Waals surface area (Å²) in [4.78, 5) is 9.17.